The van der Waals surface area contributed by atoms with E-state index in [0.717, 1.165) is 28.6 Å². The third-order valence-electron chi connectivity index (χ3n) is 3.34. The quantitative estimate of drug-likeness (QED) is 0.775. The van der Waals surface area contributed by atoms with Crippen molar-refractivity contribution in [2.24, 2.45) is 5.92 Å². The van der Waals surface area contributed by atoms with Crippen LogP contribution >= 0.6 is 22.6 Å². The maximum atomic E-state index is 11.9. The van der Waals surface area contributed by atoms with E-state index in [4.69, 9.17) is 0 Å². The van der Waals surface area contributed by atoms with Gasteiger partial charge in [0.1, 0.15) is 0 Å². The first kappa shape index (κ1) is 14.7. The molecule has 19 heavy (non-hydrogen) atoms. The molecule has 0 heterocycles. The summed E-state index contributed by atoms with van der Waals surface area (Å²) >= 11 is 2.21. The highest BCUT2D eigenvalue weighted by molar-refractivity contribution is 14.1. The molecule has 0 atom stereocenters. The molecule has 0 unspecified atom stereocenters. The predicted molar refractivity (Wildman–Crippen MR) is 84.0 cm³/mol. The molecule has 104 valence electrons. The predicted octanol–water partition coefficient (Wildman–Crippen LogP) is 1.93. The number of carbonyl (C=O) groups excluding carboxylic acids is 1. The minimum absolute atomic E-state index is 0.00601. The lowest BCUT2D eigenvalue weighted by atomic mass is 9.82. The van der Waals surface area contributed by atoms with Crippen molar-refractivity contribution >= 4 is 34.2 Å². The molecule has 0 spiro atoms. The van der Waals surface area contributed by atoms with Crippen LogP contribution in [0.5, 0.6) is 0 Å². The van der Waals surface area contributed by atoms with E-state index >= 15 is 0 Å². The molecule has 0 bridgehead atoms. The van der Waals surface area contributed by atoms with Crippen LogP contribution in [0.4, 0.5) is 5.69 Å². The molecule has 1 amide bonds. The van der Waals surface area contributed by atoms with Gasteiger partial charge >= 0.3 is 0 Å². The highest BCUT2D eigenvalue weighted by Gasteiger charge is 2.28. The number of nitrogens with one attached hydrogen (secondary N) is 1. The Labute approximate surface area is 127 Å². The topological polar surface area (TPSA) is 52.6 Å². The molecule has 5 heteroatoms. The van der Waals surface area contributed by atoms with Gasteiger partial charge < -0.3 is 10.4 Å². The third kappa shape index (κ3) is 4.43. The number of amides is 1. The lowest BCUT2D eigenvalue weighted by Crippen LogP contribution is -2.40. The summed E-state index contributed by atoms with van der Waals surface area (Å²) in [4.78, 5) is 13.9. The van der Waals surface area contributed by atoms with Crippen molar-refractivity contribution in [3.63, 3.8) is 0 Å². The van der Waals surface area contributed by atoms with Crippen molar-refractivity contribution in [2.45, 2.75) is 18.9 Å². The fourth-order valence-electron chi connectivity index (χ4n) is 2.35. The first-order valence-electron chi connectivity index (χ1n) is 6.45. The van der Waals surface area contributed by atoms with Gasteiger partial charge in [0.15, 0.2) is 0 Å². The van der Waals surface area contributed by atoms with Crippen LogP contribution in [0.2, 0.25) is 0 Å². The molecule has 0 radical (unpaired) electrons. The molecular formula is C14H19IN2O2. The number of likely N-dealkylation sites (N-methyl/N-ethyl adjacent to an activating group) is 1. The van der Waals surface area contributed by atoms with E-state index < -0.39 is 0 Å². The SMILES string of the molecule is CN(CC(=O)Nc1ccccc1I)CC1CC(O)C1. The number of benzene rings is 1. The number of hydrogen-bond donors (Lipinski definition) is 2. The largest absolute Gasteiger partial charge is 0.393 e. The van der Waals surface area contributed by atoms with Crippen molar-refractivity contribution in [2.75, 3.05) is 25.5 Å². The van der Waals surface area contributed by atoms with E-state index in [1.165, 1.54) is 0 Å². The average molecular weight is 374 g/mol. The summed E-state index contributed by atoms with van der Waals surface area (Å²) < 4.78 is 1.04. The summed E-state index contributed by atoms with van der Waals surface area (Å²) in [6.07, 6.45) is 1.60. The Kier molecular flexibility index (Phi) is 5.18. The average Bonchev–Trinajstić information content (AvgIpc) is 2.30. The number of para-hydroxylation sites is 1. The van der Waals surface area contributed by atoms with Gasteiger partial charge in [-0.15, -0.1) is 0 Å². The van der Waals surface area contributed by atoms with Crippen LogP contribution < -0.4 is 5.32 Å². The third-order valence-corrected chi connectivity index (χ3v) is 4.28. The molecule has 1 aromatic carbocycles. The fraction of sp³-hybridized carbons (Fsp3) is 0.500. The van der Waals surface area contributed by atoms with Crippen LogP contribution in [0.15, 0.2) is 24.3 Å². The van der Waals surface area contributed by atoms with E-state index in [2.05, 4.69) is 27.9 Å². The van der Waals surface area contributed by atoms with Gasteiger partial charge in [-0.3, -0.25) is 9.69 Å². The Morgan fingerprint density at radius 1 is 1.47 bits per heavy atom. The Morgan fingerprint density at radius 2 is 2.16 bits per heavy atom. The van der Waals surface area contributed by atoms with Crippen molar-refractivity contribution in [1.29, 1.82) is 0 Å². The summed E-state index contributed by atoms with van der Waals surface area (Å²) in [6.45, 7) is 1.26. The molecule has 0 aliphatic heterocycles. The zero-order valence-corrected chi connectivity index (χ0v) is 13.1. The van der Waals surface area contributed by atoms with E-state index in [-0.39, 0.29) is 12.0 Å². The van der Waals surface area contributed by atoms with Gasteiger partial charge in [-0.25, -0.2) is 0 Å². The van der Waals surface area contributed by atoms with E-state index in [1.807, 2.05) is 36.2 Å². The number of rotatable bonds is 5. The second kappa shape index (κ2) is 6.67. The highest BCUT2D eigenvalue weighted by atomic mass is 127. The second-order valence-corrected chi connectivity index (χ2v) is 6.38. The van der Waals surface area contributed by atoms with Crippen LogP contribution in [-0.4, -0.2) is 42.2 Å². The highest BCUT2D eigenvalue weighted by Crippen LogP contribution is 2.27. The maximum absolute atomic E-state index is 11.9. The van der Waals surface area contributed by atoms with Crippen LogP contribution in [0.3, 0.4) is 0 Å². The van der Waals surface area contributed by atoms with Gasteiger partial charge in [-0.2, -0.15) is 0 Å². The normalized spacial score (nSPS) is 22.1. The maximum Gasteiger partial charge on any atom is 0.238 e. The Hall–Kier alpha value is -0.660. The molecule has 1 fully saturated rings. The molecule has 2 rings (SSSR count). The summed E-state index contributed by atoms with van der Waals surface area (Å²) in [5.74, 6) is 0.538. The van der Waals surface area contributed by atoms with Gasteiger partial charge in [-0.05, 0) is 60.5 Å². The van der Waals surface area contributed by atoms with Gasteiger partial charge in [0.05, 0.1) is 18.3 Å². The molecule has 0 aromatic heterocycles. The summed E-state index contributed by atoms with van der Waals surface area (Å²) in [5, 5.41) is 12.2. The van der Waals surface area contributed by atoms with Crippen molar-refractivity contribution < 1.29 is 9.90 Å². The van der Waals surface area contributed by atoms with Crippen LogP contribution in [0.1, 0.15) is 12.8 Å². The number of halogens is 1. The van der Waals surface area contributed by atoms with Gasteiger partial charge in [-0.1, -0.05) is 12.1 Å². The molecule has 1 aliphatic rings. The minimum atomic E-state index is -0.127. The molecular weight excluding hydrogens is 355 g/mol. The first-order chi connectivity index (χ1) is 9.04. The number of aliphatic hydroxyl groups is 1. The number of aliphatic hydroxyl groups excluding tert-OH is 1. The zero-order valence-electron chi connectivity index (χ0n) is 11.0. The Balaban J connectivity index is 1.76. The van der Waals surface area contributed by atoms with E-state index in [9.17, 15) is 9.90 Å². The monoisotopic (exact) mass is 374 g/mol. The molecule has 1 aliphatic carbocycles. The van der Waals surface area contributed by atoms with Crippen molar-refractivity contribution in [3.8, 4) is 0 Å². The van der Waals surface area contributed by atoms with Crippen molar-refractivity contribution in [3.05, 3.63) is 27.8 Å². The van der Waals surface area contributed by atoms with Crippen LogP contribution in [-0.2, 0) is 4.79 Å². The summed E-state index contributed by atoms with van der Waals surface area (Å²) in [7, 11) is 1.94. The van der Waals surface area contributed by atoms with Gasteiger partial charge in [0.25, 0.3) is 0 Å². The van der Waals surface area contributed by atoms with E-state index in [1.54, 1.807) is 0 Å². The van der Waals surface area contributed by atoms with Gasteiger partial charge in [0.2, 0.25) is 5.91 Å². The van der Waals surface area contributed by atoms with Crippen molar-refractivity contribution in [1.82, 2.24) is 4.90 Å². The second-order valence-electron chi connectivity index (χ2n) is 5.22. The number of nitrogens with zero attached hydrogens (tertiary/aromatic N) is 1. The Morgan fingerprint density at radius 3 is 2.79 bits per heavy atom. The molecule has 1 aromatic rings. The first-order valence-corrected chi connectivity index (χ1v) is 7.53. The lowest BCUT2D eigenvalue weighted by Gasteiger charge is -2.34. The van der Waals surface area contributed by atoms with Crippen LogP contribution in [0.25, 0.3) is 0 Å². The fourth-order valence-corrected chi connectivity index (χ4v) is 2.87. The standard InChI is InChI=1S/C14H19IN2O2/c1-17(8-10-6-11(18)7-10)9-14(19)16-13-5-3-2-4-12(13)15/h2-5,10-11,18H,6-9H2,1H3,(H,16,19). The summed E-state index contributed by atoms with van der Waals surface area (Å²) in [5.41, 5.74) is 0.862. The molecule has 4 nitrogen and oxygen atoms in total. The zero-order chi connectivity index (χ0) is 13.8. The lowest BCUT2D eigenvalue weighted by molar-refractivity contribution is -0.117. The number of hydrogen-bond acceptors (Lipinski definition) is 3. The Bertz CT molecular complexity index is 447. The summed E-state index contributed by atoms with van der Waals surface area (Å²) in [6, 6.07) is 7.74. The smallest absolute Gasteiger partial charge is 0.238 e. The van der Waals surface area contributed by atoms with E-state index in [0.29, 0.717) is 12.5 Å². The number of anilines is 1. The van der Waals surface area contributed by atoms with Crippen LogP contribution in [0, 0.1) is 9.49 Å². The molecule has 0 saturated heterocycles. The minimum Gasteiger partial charge on any atom is -0.393 e. The molecule has 1 saturated carbocycles. The van der Waals surface area contributed by atoms with Gasteiger partial charge in [0, 0.05) is 10.1 Å². The number of carbonyl (C=O) groups is 1. The molecule has 2 N–H and O–H groups in total.